The molecule has 2 N–H and O–H groups in total. The molecule has 0 bridgehead atoms. The van der Waals surface area contributed by atoms with Gasteiger partial charge in [-0.05, 0) is 17.7 Å². The Morgan fingerprint density at radius 3 is 2.40 bits per heavy atom. The van der Waals surface area contributed by atoms with Gasteiger partial charge in [0.25, 0.3) is 5.91 Å². The molecule has 1 aromatic rings. The summed E-state index contributed by atoms with van der Waals surface area (Å²) in [6.45, 7) is 0. The molecule has 76 valence electrons. The van der Waals surface area contributed by atoms with Crippen LogP contribution in [0.15, 0.2) is 45.9 Å². The number of carbonyl (C=O) groups is 1. The number of hydrogen-bond donors (Lipinski definition) is 1. The molecule has 1 heterocycles. The monoisotopic (exact) mass is 221 g/mol. The van der Waals surface area contributed by atoms with Gasteiger partial charge in [-0.25, -0.2) is 0 Å². The second-order valence-electron chi connectivity index (χ2n) is 3.17. The molecule has 0 fully saturated rings. The van der Waals surface area contributed by atoms with E-state index in [4.69, 9.17) is 17.3 Å². The van der Waals surface area contributed by atoms with Crippen LogP contribution in [-0.4, -0.2) is 5.91 Å². The first kappa shape index (κ1) is 9.86. The Labute approximate surface area is 91.4 Å². The third kappa shape index (κ3) is 2.05. The SMILES string of the molecule is NC1=C(Cc2ccc(Cl)cc2)C(=O)N=N1. The molecule has 15 heavy (non-hydrogen) atoms. The van der Waals surface area contributed by atoms with Crippen LogP contribution in [0.4, 0.5) is 0 Å². The average Bonchev–Trinajstić information content (AvgIpc) is 2.53. The maximum Gasteiger partial charge on any atom is 0.295 e. The number of hydrogen-bond acceptors (Lipinski definition) is 3. The van der Waals surface area contributed by atoms with E-state index in [1.807, 2.05) is 12.1 Å². The van der Waals surface area contributed by atoms with Gasteiger partial charge in [-0.15, -0.1) is 10.2 Å². The van der Waals surface area contributed by atoms with Crippen LogP contribution in [0, 0.1) is 0 Å². The zero-order valence-corrected chi connectivity index (χ0v) is 8.53. The number of nitrogens with two attached hydrogens (primary N) is 1. The van der Waals surface area contributed by atoms with Crippen molar-refractivity contribution in [2.24, 2.45) is 16.0 Å². The molecule has 0 unspecified atom stereocenters. The summed E-state index contributed by atoms with van der Waals surface area (Å²) in [6, 6.07) is 7.21. The average molecular weight is 222 g/mol. The predicted octanol–water partition coefficient (Wildman–Crippen LogP) is 2.05. The van der Waals surface area contributed by atoms with Gasteiger partial charge < -0.3 is 5.73 Å². The van der Waals surface area contributed by atoms with Gasteiger partial charge in [-0.2, -0.15) is 0 Å². The summed E-state index contributed by atoms with van der Waals surface area (Å²) in [6.07, 6.45) is 0.439. The molecule has 0 aromatic heterocycles. The van der Waals surface area contributed by atoms with E-state index in [0.717, 1.165) is 5.56 Å². The molecule has 4 nitrogen and oxygen atoms in total. The van der Waals surface area contributed by atoms with E-state index in [1.54, 1.807) is 12.1 Å². The van der Waals surface area contributed by atoms with E-state index < -0.39 is 0 Å². The lowest BCUT2D eigenvalue weighted by Gasteiger charge is -2.00. The highest BCUT2D eigenvalue weighted by molar-refractivity contribution is 6.30. The zero-order valence-electron chi connectivity index (χ0n) is 7.77. The second kappa shape index (κ2) is 3.82. The minimum atomic E-state index is -0.359. The highest BCUT2D eigenvalue weighted by atomic mass is 35.5. The van der Waals surface area contributed by atoms with E-state index in [0.29, 0.717) is 17.0 Å². The van der Waals surface area contributed by atoms with Gasteiger partial charge in [0.15, 0.2) is 5.82 Å². The Morgan fingerprint density at radius 2 is 1.87 bits per heavy atom. The molecule has 0 aliphatic carbocycles. The lowest BCUT2D eigenvalue weighted by Crippen LogP contribution is -2.04. The number of carbonyl (C=O) groups excluding carboxylic acids is 1. The summed E-state index contributed by atoms with van der Waals surface area (Å²) in [5, 5.41) is 7.55. The smallest absolute Gasteiger partial charge is 0.295 e. The molecule has 0 radical (unpaired) electrons. The fourth-order valence-corrected chi connectivity index (χ4v) is 1.43. The van der Waals surface area contributed by atoms with E-state index in [1.165, 1.54) is 0 Å². The third-order valence-corrected chi connectivity index (χ3v) is 2.36. The van der Waals surface area contributed by atoms with Crippen molar-refractivity contribution in [2.75, 3.05) is 0 Å². The molecule has 5 heteroatoms. The molecule has 1 amide bonds. The van der Waals surface area contributed by atoms with Crippen molar-refractivity contribution in [3.8, 4) is 0 Å². The normalized spacial score (nSPS) is 15.1. The van der Waals surface area contributed by atoms with Crippen molar-refractivity contribution >= 4 is 17.5 Å². The van der Waals surface area contributed by atoms with Crippen LogP contribution in [0.1, 0.15) is 5.56 Å². The zero-order chi connectivity index (χ0) is 10.8. The number of amides is 1. The summed E-state index contributed by atoms with van der Waals surface area (Å²) >= 11 is 5.74. The Bertz CT molecular complexity index is 462. The van der Waals surface area contributed by atoms with E-state index in [2.05, 4.69) is 10.2 Å². The second-order valence-corrected chi connectivity index (χ2v) is 3.61. The standard InChI is InChI=1S/C10H8ClN3O/c11-7-3-1-6(2-4-7)5-8-9(12)13-14-10(8)15/h1-4H,5,12H2. The third-order valence-electron chi connectivity index (χ3n) is 2.11. The van der Waals surface area contributed by atoms with Crippen molar-refractivity contribution in [1.29, 1.82) is 0 Å². The van der Waals surface area contributed by atoms with Crippen LogP contribution in [-0.2, 0) is 11.2 Å². The summed E-state index contributed by atoms with van der Waals surface area (Å²) < 4.78 is 0. The maximum absolute atomic E-state index is 11.2. The first-order valence-electron chi connectivity index (χ1n) is 4.36. The summed E-state index contributed by atoms with van der Waals surface area (Å²) in [5.41, 5.74) is 6.92. The lowest BCUT2D eigenvalue weighted by molar-refractivity contribution is -0.114. The van der Waals surface area contributed by atoms with Crippen molar-refractivity contribution in [3.63, 3.8) is 0 Å². The van der Waals surface area contributed by atoms with Gasteiger partial charge in [0, 0.05) is 11.4 Å². The molecule has 2 rings (SSSR count). The van der Waals surface area contributed by atoms with Crippen molar-refractivity contribution in [3.05, 3.63) is 46.2 Å². The number of nitrogens with zero attached hydrogens (tertiary/aromatic N) is 2. The van der Waals surface area contributed by atoms with Gasteiger partial charge in [0.2, 0.25) is 0 Å². The molecule has 1 aliphatic heterocycles. The maximum atomic E-state index is 11.2. The van der Waals surface area contributed by atoms with Gasteiger partial charge in [0.05, 0.1) is 5.57 Å². The molecular weight excluding hydrogens is 214 g/mol. The molecule has 1 aromatic carbocycles. The van der Waals surface area contributed by atoms with E-state index in [9.17, 15) is 4.79 Å². The molecule has 0 saturated heterocycles. The van der Waals surface area contributed by atoms with Crippen LogP contribution >= 0.6 is 11.6 Å². The van der Waals surface area contributed by atoms with Gasteiger partial charge in [0.1, 0.15) is 0 Å². The van der Waals surface area contributed by atoms with E-state index >= 15 is 0 Å². The number of halogens is 1. The van der Waals surface area contributed by atoms with Crippen LogP contribution in [0.25, 0.3) is 0 Å². The Kier molecular flexibility index (Phi) is 2.51. The molecule has 0 saturated carbocycles. The van der Waals surface area contributed by atoms with Gasteiger partial charge >= 0.3 is 0 Å². The minimum absolute atomic E-state index is 0.204. The van der Waals surface area contributed by atoms with E-state index in [-0.39, 0.29) is 11.7 Å². The number of benzene rings is 1. The van der Waals surface area contributed by atoms with Crippen molar-refractivity contribution < 1.29 is 4.79 Å². The highest BCUT2D eigenvalue weighted by Gasteiger charge is 2.19. The molecule has 0 spiro atoms. The Hall–Kier alpha value is -1.68. The van der Waals surface area contributed by atoms with Crippen LogP contribution < -0.4 is 5.73 Å². The molecular formula is C10H8ClN3O. The van der Waals surface area contributed by atoms with Crippen LogP contribution in [0.2, 0.25) is 5.02 Å². The molecule has 1 aliphatic rings. The summed E-state index contributed by atoms with van der Waals surface area (Å²) in [4.78, 5) is 11.2. The van der Waals surface area contributed by atoms with Crippen LogP contribution in [0.5, 0.6) is 0 Å². The minimum Gasteiger partial charge on any atom is -0.382 e. The molecule has 0 atom stereocenters. The first-order valence-corrected chi connectivity index (χ1v) is 4.74. The van der Waals surface area contributed by atoms with Gasteiger partial charge in [-0.1, -0.05) is 23.7 Å². The highest BCUT2D eigenvalue weighted by Crippen LogP contribution is 2.18. The lowest BCUT2D eigenvalue weighted by atomic mass is 10.1. The Morgan fingerprint density at radius 1 is 1.20 bits per heavy atom. The summed E-state index contributed by atoms with van der Waals surface area (Å²) in [5.74, 6) is -0.155. The van der Waals surface area contributed by atoms with Gasteiger partial charge in [-0.3, -0.25) is 4.79 Å². The fourth-order valence-electron chi connectivity index (χ4n) is 1.30. The number of azo groups is 1. The summed E-state index contributed by atoms with van der Waals surface area (Å²) in [7, 11) is 0. The topological polar surface area (TPSA) is 67.8 Å². The van der Waals surface area contributed by atoms with Crippen molar-refractivity contribution in [2.45, 2.75) is 6.42 Å². The quantitative estimate of drug-likeness (QED) is 0.831. The van der Waals surface area contributed by atoms with Crippen LogP contribution in [0.3, 0.4) is 0 Å². The fraction of sp³-hybridized carbons (Fsp3) is 0.100. The number of rotatable bonds is 2. The predicted molar refractivity (Wildman–Crippen MR) is 56.2 cm³/mol. The largest absolute Gasteiger partial charge is 0.382 e. The Balaban J connectivity index is 2.20. The first-order chi connectivity index (χ1) is 7.16. The van der Waals surface area contributed by atoms with Crippen molar-refractivity contribution in [1.82, 2.24) is 0 Å².